The lowest BCUT2D eigenvalue weighted by atomic mass is 10.3. The van der Waals surface area contributed by atoms with Crippen molar-refractivity contribution in [1.82, 2.24) is 10.6 Å². The van der Waals surface area contributed by atoms with E-state index in [1.165, 1.54) is 0 Å². The van der Waals surface area contributed by atoms with E-state index in [0.29, 0.717) is 67.8 Å². The third-order valence-electron chi connectivity index (χ3n) is 4.89. The van der Waals surface area contributed by atoms with Crippen LogP contribution in [0.5, 0.6) is 23.0 Å². The fourth-order valence-electron chi connectivity index (χ4n) is 3.03. The highest BCUT2D eigenvalue weighted by molar-refractivity contribution is 5.40. The minimum absolute atomic E-state index is 0.183. The van der Waals surface area contributed by atoms with Crippen LogP contribution in [0.15, 0.2) is 48.5 Å². The van der Waals surface area contributed by atoms with Gasteiger partial charge in [0.15, 0.2) is 23.0 Å². The average Bonchev–Trinajstić information content (AvgIpc) is 2.84. The molecule has 0 saturated carbocycles. The predicted octanol–water partition coefficient (Wildman–Crippen LogP) is 3.01. The third kappa shape index (κ3) is 12.1. The van der Waals surface area contributed by atoms with Crippen LogP contribution in [0.3, 0.4) is 0 Å². The molecule has 0 unspecified atom stereocenters. The number of aliphatic hydroxyl groups excluding tert-OH is 2. The fourth-order valence-corrected chi connectivity index (χ4v) is 3.03. The highest BCUT2D eigenvalue weighted by Gasteiger charge is 2.11. The zero-order valence-corrected chi connectivity index (χ0v) is 21.4. The third-order valence-corrected chi connectivity index (χ3v) is 4.89. The Bertz CT molecular complexity index is 765. The van der Waals surface area contributed by atoms with Crippen molar-refractivity contribution in [2.75, 3.05) is 39.5 Å². The van der Waals surface area contributed by atoms with Crippen molar-refractivity contribution in [2.24, 2.45) is 0 Å². The smallest absolute Gasteiger partial charge is 0.161 e. The van der Waals surface area contributed by atoms with E-state index in [1.54, 1.807) is 0 Å². The molecule has 2 aromatic carbocycles. The first-order valence-corrected chi connectivity index (χ1v) is 12.4. The van der Waals surface area contributed by atoms with Crippen LogP contribution < -0.4 is 29.6 Å². The summed E-state index contributed by atoms with van der Waals surface area (Å²) in [5, 5.41) is 26.5. The Morgan fingerprint density at radius 1 is 0.600 bits per heavy atom. The molecule has 35 heavy (non-hydrogen) atoms. The van der Waals surface area contributed by atoms with Gasteiger partial charge in [-0.15, -0.1) is 0 Å². The second-order valence-electron chi connectivity index (χ2n) is 9.00. The molecule has 4 N–H and O–H groups in total. The Morgan fingerprint density at radius 2 is 0.943 bits per heavy atom. The van der Waals surface area contributed by atoms with Crippen LogP contribution in [-0.4, -0.2) is 74.0 Å². The lowest BCUT2D eigenvalue weighted by Gasteiger charge is -2.17. The van der Waals surface area contributed by atoms with E-state index in [0.717, 1.165) is 0 Å². The molecule has 196 valence electrons. The average molecular weight is 491 g/mol. The highest BCUT2D eigenvalue weighted by Crippen LogP contribution is 2.28. The number of ether oxygens (including phenoxy) is 4. The first-order chi connectivity index (χ1) is 16.8. The molecule has 8 heteroatoms. The Hall–Kier alpha value is -2.52. The van der Waals surface area contributed by atoms with Crippen molar-refractivity contribution in [3.05, 3.63) is 48.5 Å². The van der Waals surface area contributed by atoms with Gasteiger partial charge < -0.3 is 39.8 Å². The first kappa shape index (κ1) is 28.7. The topological polar surface area (TPSA) is 101 Å². The molecule has 0 aliphatic rings. The molecule has 0 aromatic heterocycles. The molecule has 0 saturated heterocycles. The van der Waals surface area contributed by atoms with Gasteiger partial charge in [0.1, 0.15) is 25.4 Å². The van der Waals surface area contributed by atoms with E-state index < -0.39 is 12.2 Å². The fraction of sp³-hybridized carbons (Fsp3) is 0.556. The second-order valence-corrected chi connectivity index (χ2v) is 9.00. The van der Waals surface area contributed by atoms with Gasteiger partial charge in [0.25, 0.3) is 0 Å². The van der Waals surface area contributed by atoms with Crippen LogP contribution in [-0.2, 0) is 0 Å². The molecule has 2 aromatic rings. The Labute approximate surface area is 209 Å². The van der Waals surface area contributed by atoms with Crippen molar-refractivity contribution < 1.29 is 29.2 Å². The number of hydrogen-bond donors (Lipinski definition) is 4. The molecular formula is C27H42N2O6. The Kier molecular flexibility index (Phi) is 13.3. The van der Waals surface area contributed by atoms with E-state index in [9.17, 15) is 10.2 Å². The molecule has 2 rings (SSSR count). The maximum Gasteiger partial charge on any atom is 0.161 e. The minimum Gasteiger partial charge on any atom is -0.490 e. The molecule has 0 bridgehead atoms. The van der Waals surface area contributed by atoms with Crippen molar-refractivity contribution in [2.45, 2.75) is 58.4 Å². The minimum atomic E-state index is -0.603. The Morgan fingerprint density at radius 3 is 1.29 bits per heavy atom. The summed E-state index contributed by atoms with van der Waals surface area (Å²) in [6, 6.07) is 15.5. The Balaban J connectivity index is 1.73. The summed E-state index contributed by atoms with van der Waals surface area (Å²) in [5.74, 6) is 2.45. The molecule has 2 atom stereocenters. The van der Waals surface area contributed by atoms with Gasteiger partial charge in [-0.2, -0.15) is 0 Å². The molecular weight excluding hydrogens is 448 g/mol. The number of rotatable bonds is 18. The van der Waals surface area contributed by atoms with Gasteiger partial charge >= 0.3 is 0 Å². The van der Waals surface area contributed by atoms with Gasteiger partial charge in [0.05, 0.1) is 13.2 Å². The van der Waals surface area contributed by atoms with Crippen molar-refractivity contribution in [3.63, 3.8) is 0 Å². The monoisotopic (exact) mass is 490 g/mol. The van der Waals surface area contributed by atoms with E-state index >= 15 is 0 Å². The van der Waals surface area contributed by atoms with Gasteiger partial charge in [-0.3, -0.25) is 0 Å². The molecule has 0 radical (unpaired) electrons. The van der Waals surface area contributed by atoms with Gasteiger partial charge in [-0.05, 0) is 24.3 Å². The van der Waals surface area contributed by atoms with Crippen molar-refractivity contribution in [1.29, 1.82) is 0 Å². The molecule has 0 amide bonds. The summed E-state index contributed by atoms with van der Waals surface area (Å²) in [7, 11) is 0. The van der Waals surface area contributed by atoms with Crippen LogP contribution in [0.25, 0.3) is 0 Å². The summed E-state index contributed by atoms with van der Waals surface area (Å²) < 4.78 is 23.3. The summed E-state index contributed by atoms with van der Waals surface area (Å²) in [4.78, 5) is 0. The maximum absolute atomic E-state index is 10.1. The summed E-state index contributed by atoms with van der Waals surface area (Å²) in [6.45, 7) is 10.3. The number of benzene rings is 2. The van der Waals surface area contributed by atoms with E-state index in [4.69, 9.17) is 18.9 Å². The first-order valence-electron chi connectivity index (χ1n) is 12.4. The maximum atomic E-state index is 10.1. The van der Waals surface area contributed by atoms with Crippen molar-refractivity contribution >= 4 is 0 Å². The van der Waals surface area contributed by atoms with Gasteiger partial charge in [0.2, 0.25) is 0 Å². The SMILES string of the molecule is CC(C)NC[C@H](O)COc1ccccc1OCCCOc1ccccc1OC[C@@H](O)CNC(C)C. The van der Waals surface area contributed by atoms with Gasteiger partial charge in [-0.25, -0.2) is 0 Å². The zero-order chi connectivity index (χ0) is 25.5. The van der Waals surface area contributed by atoms with E-state index in [2.05, 4.69) is 10.6 Å². The van der Waals surface area contributed by atoms with Crippen LogP contribution >= 0.6 is 0 Å². The summed E-state index contributed by atoms with van der Waals surface area (Å²) in [6.07, 6.45) is -0.549. The highest BCUT2D eigenvalue weighted by atomic mass is 16.5. The molecule has 0 aliphatic carbocycles. The lowest BCUT2D eigenvalue weighted by Crippen LogP contribution is -2.35. The number of para-hydroxylation sites is 4. The number of hydrogen-bond acceptors (Lipinski definition) is 8. The molecule has 0 heterocycles. The number of aliphatic hydroxyl groups is 2. The van der Waals surface area contributed by atoms with Crippen LogP contribution in [0.4, 0.5) is 0 Å². The van der Waals surface area contributed by atoms with E-state index in [-0.39, 0.29) is 13.2 Å². The largest absolute Gasteiger partial charge is 0.490 e. The van der Waals surface area contributed by atoms with Gasteiger partial charge in [0, 0.05) is 31.6 Å². The quantitative estimate of drug-likeness (QED) is 0.237. The van der Waals surface area contributed by atoms with Crippen LogP contribution in [0, 0.1) is 0 Å². The standard InChI is InChI=1S/C27H42N2O6/c1-20(2)28-16-22(30)18-34-26-12-7-5-10-24(26)32-14-9-15-33-25-11-6-8-13-27(25)35-19-23(31)17-29-21(3)4/h5-8,10-13,20-23,28-31H,9,14-19H2,1-4H3/t22-,23-/m0/s1. The summed E-state index contributed by atoms with van der Waals surface area (Å²) >= 11 is 0. The molecule has 8 nitrogen and oxygen atoms in total. The van der Waals surface area contributed by atoms with Gasteiger partial charge in [-0.1, -0.05) is 52.0 Å². The zero-order valence-electron chi connectivity index (χ0n) is 21.4. The summed E-state index contributed by atoms with van der Waals surface area (Å²) in [5.41, 5.74) is 0. The lowest BCUT2D eigenvalue weighted by molar-refractivity contribution is 0.101. The van der Waals surface area contributed by atoms with Crippen LogP contribution in [0.2, 0.25) is 0 Å². The van der Waals surface area contributed by atoms with Crippen LogP contribution in [0.1, 0.15) is 34.1 Å². The van der Waals surface area contributed by atoms with E-state index in [1.807, 2.05) is 76.2 Å². The van der Waals surface area contributed by atoms with Crippen molar-refractivity contribution in [3.8, 4) is 23.0 Å². The molecule has 0 spiro atoms. The molecule has 0 aliphatic heterocycles. The number of nitrogens with one attached hydrogen (secondary N) is 2. The predicted molar refractivity (Wildman–Crippen MR) is 138 cm³/mol. The molecule has 0 fully saturated rings. The normalized spacial score (nSPS) is 13.0. The second kappa shape index (κ2) is 16.2.